The molecule has 0 radical (unpaired) electrons. The lowest BCUT2D eigenvalue weighted by Gasteiger charge is -2.06. The van der Waals surface area contributed by atoms with E-state index in [1.807, 2.05) is 21.5 Å². The normalized spacial score (nSPS) is 11.4. The fourth-order valence-electron chi connectivity index (χ4n) is 2.52. The number of pyridine rings is 1. The summed E-state index contributed by atoms with van der Waals surface area (Å²) in [5.41, 5.74) is 2.90. The molecule has 126 valence electrons. The number of aromatic nitrogens is 6. The summed E-state index contributed by atoms with van der Waals surface area (Å²) in [6.45, 7) is 7.48. The van der Waals surface area contributed by atoms with Crippen molar-refractivity contribution in [2.24, 2.45) is 0 Å². The van der Waals surface area contributed by atoms with Crippen LogP contribution in [-0.2, 0) is 17.9 Å². The van der Waals surface area contributed by atoms with Crippen molar-refractivity contribution in [1.82, 2.24) is 29.5 Å². The topological polar surface area (TPSA) is 70.7 Å². The molecule has 0 aliphatic rings. The average molecular weight is 326 g/mol. The third-order valence-electron chi connectivity index (χ3n) is 3.75. The number of ether oxygens (including phenoxy) is 1. The molecule has 0 amide bonds. The van der Waals surface area contributed by atoms with Gasteiger partial charge in [0.2, 0.25) is 0 Å². The molecule has 0 aromatic carbocycles. The third-order valence-corrected chi connectivity index (χ3v) is 3.75. The Balaban J connectivity index is 2.16. The Morgan fingerprint density at radius 2 is 1.92 bits per heavy atom. The van der Waals surface area contributed by atoms with Crippen LogP contribution >= 0.6 is 0 Å². The number of hydrogen-bond acceptors (Lipinski definition) is 5. The van der Waals surface area contributed by atoms with Gasteiger partial charge in [-0.1, -0.05) is 13.8 Å². The molecule has 7 nitrogen and oxygen atoms in total. The molecular formula is C17H22N6O. The second-order valence-corrected chi connectivity index (χ2v) is 5.83. The quantitative estimate of drug-likeness (QED) is 0.696. The van der Waals surface area contributed by atoms with Crippen LogP contribution in [0.5, 0.6) is 0 Å². The predicted molar refractivity (Wildman–Crippen MR) is 90.9 cm³/mol. The Bertz CT molecular complexity index is 806. The maximum Gasteiger partial charge on any atom is 0.181 e. The van der Waals surface area contributed by atoms with Crippen LogP contribution in [0.25, 0.3) is 17.2 Å². The summed E-state index contributed by atoms with van der Waals surface area (Å²) in [4.78, 5) is 8.75. The zero-order valence-electron chi connectivity index (χ0n) is 14.5. The average Bonchev–Trinajstić information content (AvgIpc) is 3.19. The van der Waals surface area contributed by atoms with Crippen molar-refractivity contribution in [2.75, 3.05) is 7.11 Å². The molecule has 0 N–H and O–H groups in total. The van der Waals surface area contributed by atoms with Gasteiger partial charge in [-0.3, -0.25) is 9.67 Å². The summed E-state index contributed by atoms with van der Waals surface area (Å²) in [5.74, 6) is 1.75. The zero-order valence-corrected chi connectivity index (χ0v) is 14.5. The van der Waals surface area contributed by atoms with Crippen LogP contribution in [0.4, 0.5) is 0 Å². The molecule has 3 rings (SSSR count). The van der Waals surface area contributed by atoms with Crippen molar-refractivity contribution in [2.45, 2.75) is 39.8 Å². The van der Waals surface area contributed by atoms with Crippen LogP contribution in [0.1, 0.15) is 38.2 Å². The number of nitrogens with zero attached hydrogens (tertiary/aromatic N) is 6. The van der Waals surface area contributed by atoms with E-state index in [1.54, 1.807) is 19.5 Å². The van der Waals surface area contributed by atoms with E-state index >= 15 is 0 Å². The number of hydrogen-bond donors (Lipinski definition) is 0. The molecule has 24 heavy (non-hydrogen) atoms. The van der Waals surface area contributed by atoms with Crippen molar-refractivity contribution in [3.05, 3.63) is 42.1 Å². The lowest BCUT2D eigenvalue weighted by molar-refractivity contribution is 0.178. The van der Waals surface area contributed by atoms with Crippen molar-refractivity contribution < 1.29 is 4.74 Å². The second-order valence-electron chi connectivity index (χ2n) is 5.83. The van der Waals surface area contributed by atoms with E-state index in [2.05, 4.69) is 47.0 Å². The molecule has 0 atom stereocenters. The van der Waals surface area contributed by atoms with Crippen LogP contribution in [0.15, 0.2) is 30.6 Å². The van der Waals surface area contributed by atoms with Crippen molar-refractivity contribution in [1.29, 1.82) is 0 Å². The van der Waals surface area contributed by atoms with E-state index < -0.39 is 0 Å². The fourth-order valence-corrected chi connectivity index (χ4v) is 2.52. The summed E-state index contributed by atoms with van der Waals surface area (Å²) in [5, 5.41) is 9.27. The van der Waals surface area contributed by atoms with E-state index in [0.29, 0.717) is 18.3 Å². The van der Waals surface area contributed by atoms with Crippen molar-refractivity contribution in [3.63, 3.8) is 0 Å². The van der Waals surface area contributed by atoms with Crippen LogP contribution < -0.4 is 0 Å². The highest BCUT2D eigenvalue weighted by molar-refractivity contribution is 5.54. The van der Waals surface area contributed by atoms with Gasteiger partial charge >= 0.3 is 0 Å². The first-order chi connectivity index (χ1) is 11.6. The molecular weight excluding hydrogens is 304 g/mol. The Labute approximate surface area is 141 Å². The Morgan fingerprint density at radius 3 is 2.54 bits per heavy atom. The Morgan fingerprint density at radius 1 is 1.17 bits per heavy atom. The van der Waals surface area contributed by atoms with Gasteiger partial charge < -0.3 is 4.74 Å². The van der Waals surface area contributed by atoms with Gasteiger partial charge in [0.25, 0.3) is 0 Å². The lowest BCUT2D eigenvalue weighted by atomic mass is 10.1. The summed E-state index contributed by atoms with van der Waals surface area (Å²) < 4.78 is 8.98. The molecule has 0 fully saturated rings. The van der Waals surface area contributed by atoms with Gasteiger partial charge in [-0.25, -0.2) is 9.67 Å². The highest BCUT2D eigenvalue weighted by Gasteiger charge is 2.19. The maximum atomic E-state index is 5.19. The van der Waals surface area contributed by atoms with Crippen LogP contribution in [0, 0.1) is 0 Å². The highest BCUT2D eigenvalue weighted by atomic mass is 16.5. The van der Waals surface area contributed by atoms with E-state index in [0.717, 1.165) is 29.4 Å². The van der Waals surface area contributed by atoms with Gasteiger partial charge in [0.15, 0.2) is 11.6 Å². The zero-order chi connectivity index (χ0) is 17.1. The minimum absolute atomic E-state index is 0.354. The number of methoxy groups -OCH3 is 1. The molecule has 0 saturated heterocycles. The summed E-state index contributed by atoms with van der Waals surface area (Å²) in [6, 6.07) is 5.90. The lowest BCUT2D eigenvalue weighted by Crippen LogP contribution is -2.05. The molecule has 3 heterocycles. The maximum absolute atomic E-state index is 5.19. The molecule has 0 aliphatic carbocycles. The van der Waals surface area contributed by atoms with Gasteiger partial charge in [-0.2, -0.15) is 5.10 Å². The minimum Gasteiger partial charge on any atom is -0.377 e. The first-order valence-corrected chi connectivity index (χ1v) is 8.07. The standard InChI is InChI=1S/C17H22N6O/c1-5-22-15(10-14(20-22)12(2)3)17-19-16(11-24-4)21-23(17)13-6-8-18-9-7-13/h6-10,12H,5,11H2,1-4H3. The first kappa shape index (κ1) is 16.3. The highest BCUT2D eigenvalue weighted by Crippen LogP contribution is 2.25. The largest absolute Gasteiger partial charge is 0.377 e. The van der Waals surface area contributed by atoms with Crippen LogP contribution in [0.2, 0.25) is 0 Å². The predicted octanol–water partition coefficient (Wildman–Crippen LogP) is 2.82. The van der Waals surface area contributed by atoms with Gasteiger partial charge in [-0.05, 0) is 31.0 Å². The first-order valence-electron chi connectivity index (χ1n) is 8.07. The third kappa shape index (κ3) is 3.07. The Kier molecular flexibility index (Phi) is 4.71. The second kappa shape index (κ2) is 6.92. The van der Waals surface area contributed by atoms with Crippen LogP contribution in [-0.4, -0.2) is 36.6 Å². The number of rotatable bonds is 6. The molecule has 0 saturated carbocycles. The van der Waals surface area contributed by atoms with E-state index in [9.17, 15) is 0 Å². The molecule has 0 aliphatic heterocycles. The molecule has 0 spiro atoms. The van der Waals surface area contributed by atoms with Gasteiger partial charge in [0.1, 0.15) is 12.3 Å². The summed E-state index contributed by atoms with van der Waals surface area (Å²) >= 11 is 0. The molecule has 0 unspecified atom stereocenters. The van der Waals surface area contributed by atoms with Crippen molar-refractivity contribution >= 4 is 0 Å². The van der Waals surface area contributed by atoms with Gasteiger partial charge in [0.05, 0.1) is 11.4 Å². The van der Waals surface area contributed by atoms with Gasteiger partial charge in [-0.15, -0.1) is 5.10 Å². The number of aryl methyl sites for hydroxylation is 1. The minimum atomic E-state index is 0.354. The molecule has 0 bridgehead atoms. The molecule has 7 heteroatoms. The fraction of sp³-hybridized carbons (Fsp3) is 0.412. The van der Waals surface area contributed by atoms with Gasteiger partial charge in [0, 0.05) is 26.0 Å². The summed E-state index contributed by atoms with van der Waals surface area (Å²) in [7, 11) is 1.64. The summed E-state index contributed by atoms with van der Waals surface area (Å²) in [6.07, 6.45) is 3.49. The SMILES string of the molecule is CCn1nc(C(C)C)cc1-c1nc(COC)nn1-c1ccncc1. The van der Waals surface area contributed by atoms with Crippen LogP contribution in [0.3, 0.4) is 0 Å². The smallest absolute Gasteiger partial charge is 0.181 e. The van der Waals surface area contributed by atoms with E-state index in [-0.39, 0.29) is 0 Å². The van der Waals surface area contributed by atoms with E-state index in [4.69, 9.17) is 4.74 Å². The molecule has 3 aromatic rings. The monoisotopic (exact) mass is 326 g/mol. The van der Waals surface area contributed by atoms with E-state index in [1.165, 1.54) is 0 Å². The molecule has 3 aromatic heterocycles. The Hall–Kier alpha value is -2.54. The van der Waals surface area contributed by atoms with Crippen molar-refractivity contribution in [3.8, 4) is 17.2 Å².